The van der Waals surface area contributed by atoms with Gasteiger partial charge in [-0.05, 0) is 6.07 Å². The highest BCUT2D eigenvalue weighted by Crippen LogP contribution is 2.15. The van der Waals surface area contributed by atoms with E-state index >= 15 is 0 Å². The van der Waals surface area contributed by atoms with Crippen molar-refractivity contribution in [3.05, 3.63) is 29.8 Å². The van der Waals surface area contributed by atoms with Crippen LogP contribution in [0.25, 0.3) is 0 Å². The SMILES string of the molecule is c1cc2c(cc#1)NC=NC2. The second kappa shape index (κ2) is 2.03. The van der Waals surface area contributed by atoms with Gasteiger partial charge in [-0.3, -0.25) is 4.99 Å². The number of nitrogens with zero attached hydrogens (tertiary/aromatic N) is 1. The number of fused-ring (bicyclic) bond motifs is 1. The van der Waals surface area contributed by atoms with Gasteiger partial charge in [-0.15, -0.1) is 0 Å². The molecule has 0 atom stereocenters. The lowest BCUT2D eigenvalue weighted by Gasteiger charge is -2.08. The largest absolute Gasteiger partial charge is 0.346 e. The molecule has 1 heterocycles. The fraction of sp³-hybridized carbons (Fsp3) is 0.125. The smallest absolute Gasteiger partial charge is 0.0872 e. The number of aliphatic imine (C=N–C) groups is 1. The predicted octanol–water partition coefficient (Wildman–Crippen LogP) is 1.24. The molecule has 0 amide bonds. The molecular weight excluding hydrogens is 124 g/mol. The number of rotatable bonds is 0. The topological polar surface area (TPSA) is 24.4 Å². The molecule has 1 N–H and O–H groups in total. The second-order valence-electron chi connectivity index (χ2n) is 2.13. The van der Waals surface area contributed by atoms with Crippen molar-refractivity contribution in [2.45, 2.75) is 6.54 Å². The number of nitrogens with one attached hydrogen (secondary N) is 1. The first-order chi connectivity index (χ1) is 4.97. The van der Waals surface area contributed by atoms with Crippen LogP contribution >= 0.6 is 0 Å². The maximum atomic E-state index is 4.05. The zero-order valence-corrected chi connectivity index (χ0v) is 5.39. The van der Waals surface area contributed by atoms with Crippen molar-refractivity contribution in [1.29, 1.82) is 0 Å². The molecule has 0 fully saturated rings. The molecule has 0 unspecified atom stereocenters. The van der Waals surface area contributed by atoms with E-state index in [2.05, 4.69) is 22.4 Å². The van der Waals surface area contributed by atoms with Crippen LogP contribution in [0.5, 0.6) is 0 Å². The van der Waals surface area contributed by atoms with Crippen LogP contribution in [0.3, 0.4) is 0 Å². The van der Waals surface area contributed by atoms with Crippen LogP contribution in [0.1, 0.15) is 5.56 Å². The monoisotopic (exact) mass is 130 g/mol. The fourth-order valence-electron chi connectivity index (χ4n) is 0.937. The Bertz CT molecular complexity index is 239. The molecule has 48 valence electrons. The van der Waals surface area contributed by atoms with Crippen LogP contribution in [-0.4, -0.2) is 6.34 Å². The normalized spacial score (nSPS) is 13.2. The molecule has 1 aliphatic heterocycles. The Labute approximate surface area is 59.6 Å². The van der Waals surface area contributed by atoms with Crippen molar-refractivity contribution in [1.82, 2.24) is 0 Å². The summed E-state index contributed by atoms with van der Waals surface area (Å²) in [5.41, 5.74) is 2.27. The molecule has 0 saturated carbocycles. The minimum Gasteiger partial charge on any atom is -0.346 e. The zero-order valence-electron chi connectivity index (χ0n) is 5.39. The van der Waals surface area contributed by atoms with Gasteiger partial charge < -0.3 is 5.32 Å². The van der Waals surface area contributed by atoms with Gasteiger partial charge in [-0.2, -0.15) is 0 Å². The van der Waals surface area contributed by atoms with Crippen molar-refractivity contribution in [2.75, 3.05) is 5.32 Å². The molecule has 1 aromatic rings. The Morgan fingerprint density at radius 3 is 3.20 bits per heavy atom. The Morgan fingerprint density at radius 1 is 1.40 bits per heavy atom. The maximum absolute atomic E-state index is 4.05. The number of hydrogen-bond acceptors (Lipinski definition) is 2. The van der Waals surface area contributed by atoms with E-state index < -0.39 is 0 Å². The van der Waals surface area contributed by atoms with Gasteiger partial charge in [0, 0.05) is 11.6 Å². The Hall–Kier alpha value is -1.49. The van der Waals surface area contributed by atoms with Crippen LogP contribution < -0.4 is 5.32 Å². The number of hydrogen-bond donors (Lipinski definition) is 1. The van der Waals surface area contributed by atoms with E-state index in [1.54, 1.807) is 6.34 Å². The van der Waals surface area contributed by atoms with E-state index in [1.165, 1.54) is 5.56 Å². The summed E-state index contributed by atoms with van der Waals surface area (Å²) in [7, 11) is 0. The van der Waals surface area contributed by atoms with Crippen molar-refractivity contribution < 1.29 is 0 Å². The lowest BCUT2D eigenvalue weighted by atomic mass is 10.2. The minimum absolute atomic E-state index is 0.757. The quantitative estimate of drug-likeness (QED) is 0.561. The van der Waals surface area contributed by atoms with Crippen molar-refractivity contribution in [3.8, 4) is 0 Å². The van der Waals surface area contributed by atoms with E-state index in [-0.39, 0.29) is 0 Å². The van der Waals surface area contributed by atoms with Crippen LogP contribution in [0.4, 0.5) is 5.69 Å². The van der Waals surface area contributed by atoms with E-state index in [4.69, 9.17) is 0 Å². The summed E-state index contributed by atoms with van der Waals surface area (Å²) >= 11 is 0. The van der Waals surface area contributed by atoms with Crippen LogP contribution in [0, 0.1) is 12.1 Å². The van der Waals surface area contributed by atoms with Crippen molar-refractivity contribution in [3.63, 3.8) is 0 Å². The molecule has 2 heteroatoms. The molecule has 0 aliphatic carbocycles. The molecule has 0 radical (unpaired) electrons. The molecular formula is C8H6N2. The molecule has 2 rings (SSSR count). The lowest BCUT2D eigenvalue weighted by molar-refractivity contribution is 1.06. The third kappa shape index (κ3) is 0.725. The van der Waals surface area contributed by atoms with Crippen molar-refractivity contribution >= 4 is 12.0 Å². The summed E-state index contributed by atoms with van der Waals surface area (Å²) in [6.45, 7) is 0.757. The molecule has 2 nitrogen and oxygen atoms in total. The second-order valence-corrected chi connectivity index (χ2v) is 2.13. The first kappa shape index (κ1) is 5.31. The Kier molecular flexibility index (Phi) is 1.08. The molecule has 10 heavy (non-hydrogen) atoms. The Balaban J connectivity index is 2.47. The van der Waals surface area contributed by atoms with Gasteiger partial charge >= 0.3 is 0 Å². The van der Waals surface area contributed by atoms with E-state index in [9.17, 15) is 0 Å². The summed E-state index contributed by atoms with van der Waals surface area (Å²) in [5.74, 6) is 0. The van der Waals surface area contributed by atoms with E-state index in [1.807, 2.05) is 12.1 Å². The van der Waals surface area contributed by atoms with Crippen LogP contribution in [0.2, 0.25) is 0 Å². The lowest BCUT2D eigenvalue weighted by Crippen LogP contribution is -2.03. The highest BCUT2D eigenvalue weighted by Gasteiger charge is 2.00. The first-order valence-corrected chi connectivity index (χ1v) is 3.12. The minimum atomic E-state index is 0.757. The molecule has 1 aromatic carbocycles. The first-order valence-electron chi connectivity index (χ1n) is 3.12. The maximum Gasteiger partial charge on any atom is 0.0872 e. The summed E-state index contributed by atoms with van der Waals surface area (Å²) in [4.78, 5) is 4.05. The van der Waals surface area contributed by atoms with E-state index in [0.29, 0.717) is 0 Å². The van der Waals surface area contributed by atoms with Gasteiger partial charge in [0.15, 0.2) is 0 Å². The highest BCUT2D eigenvalue weighted by atomic mass is 15.0. The standard InChI is InChI=1S/C8H6N2/c1-2-4-8-7(3-1)5-9-6-10-8/h3-4,6H,5H2,(H,9,10). The molecule has 0 saturated heterocycles. The summed E-state index contributed by atoms with van der Waals surface area (Å²) in [6.07, 6.45) is 1.70. The van der Waals surface area contributed by atoms with E-state index in [0.717, 1.165) is 12.2 Å². The average Bonchev–Trinajstić information content (AvgIpc) is 2.05. The van der Waals surface area contributed by atoms with Gasteiger partial charge in [-0.25, -0.2) is 0 Å². The highest BCUT2D eigenvalue weighted by molar-refractivity contribution is 5.79. The molecule has 1 aliphatic rings. The molecule has 0 aromatic heterocycles. The average molecular weight is 130 g/mol. The van der Waals surface area contributed by atoms with Gasteiger partial charge in [0.2, 0.25) is 0 Å². The van der Waals surface area contributed by atoms with Gasteiger partial charge in [-0.1, -0.05) is 12.1 Å². The third-order valence-corrected chi connectivity index (χ3v) is 1.47. The Morgan fingerprint density at radius 2 is 2.30 bits per heavy atom. The van der Waals surface area contributed by atoms with Crippen LogP contribution in [0.15, 0.2) is 17.1 Å². The van der Waals surface area contributed by atoms with Crippen molar-refractivity contribution in [2.24, 2.45) is 4.99 Å². The third-order valence-electron chi connectivity index (χ3n) is 1.47. The number of anilines is 1. The van der Waals surface area contributed by atoms with Gasteiger partial charge in [0.05, 0.1) is 18.6 Å². The molecule has 0 bridgehead atoms. The zero-order chi connectivity index (χ0) is 6.81. The summed E-state index contributed by atoms with van der Waals surface area (Å²) < 4.78 is 0. The summed E-state index contributed by atoms with van der Waals surface area (Å²) in [5, 5.41) is 3.02. The van der Waals surface area contributed by atoms with Crippen LogP contribution in [-0.2, 0) is 6.54 Å². The predicted molar refractivity (Wildman–Crippen MR) is 39.9 cm³/mol. The fourth-order valence-corrected chi connectivity index (χ4v) is 0.937. The summed E-state index contributed by atoms with van der Waals surface area (Å²) in [6, 6.07) is 9.53. The van der Waals surface area contributed by atoms with Gasteiger partial charge in [0.1, 0.15) is 0 Å². The molecule has 0 spiro atoms. The van der Waals surface area contributed by atoms with Gasteiger partial charge in [0.25, 0.3) is 0 Å².